The summed E-state index contributed by atoms with van der Waals surface area (Å²) in [5, 5.41) is 18.4. The summed E-state index contributed by atoms with van der Waals surface area (Å²) in [4.78, 5) is 0. The molecule has 0 saturated heterocycles. The number of amidine groups is 1. The topological polar surface area (TPSA) is 99.9 Å². The van der Waals surface area contributed by atoms with Gasteiger partial charge in [-0.25, -0.2) is 11.0 Å². The molecule has 2 aromatic carbocycles. The Hall–Kier alpha value is -2.78. The molecule has 0 aromatic heterocycles. The molecule has 0 radical (unpaired) electrons. The van der Waals surface area contributed by atoms with Crippen molar-refractivity contribution in [2.45, 2.75) is 31.0 Å². The number of aliphatic hydroxyl groups is 1. The standard InChI is InChI=1S/C19H22F3N5O/c20-19(21,22)13-6-8-14(9-7-13)25-16-5-2-1-4-15(16)17(23)26-27(24)12-18(28)10-3-11-18/h1-2,4-9,25,28H,3,10-12,24H2,(H2,23,26). The molecule has 3 rings (SSSR count). The highest BCUT2D eigenvalue weighted by atomic mass is 19.4. The fourth-order valence-corrected chi connectivity index (χ4v) is 2.99. The summed E-state index contributed by atoms with van der Waals surface area (Å²) in [7, 11) is 0. The lowest BCUT2D eigenvalue weighted by atomic mass is 9.80. The van der Waals surface area contributed by atoms with Crippen LogP contribution in [0.1, 0.15) is 30.4 Å². The molecule has 6 N–H and O–H groups in total. The van der Waals surface area contributed by atoms with Gasteiger partial charge in [0.25, 0.3) is 0 Å². The predicted octanol–water partition coefficient (Wildman–Crippen LogP) is 3.16. The third kappa shape index (κ3) is 4.73. The van der Waals surface area contributed by atoms with E-state index in [0.717, 1.165) is 23.7 Å². The van der Waals surface area contributed by atoms with Crippen LogP contribution in [-0.2, 0) is 6.18 Å². The molecular weight excluding hydrogens is 371 g/mol. The predicted molar refractivity (Wildman–Crippen MR) is 102 cm³/mol. The van der Waals surface area contributed by atoms with Gasteiger partial charge in [0.15, 0.2) is 5.84 Å². The molecule has 0 heterocycles. The Kier molecular flexibility index (Phi) is 5.48. The van der Waals surface area contributed by atoms with Gasteiger partial charge in [0, 0.05) is 16.9 Å². The molecular formula is C19H22F3N5O. The van der Waals surface area contributed by atoms with Crippen LogP contribution in [0.15, 0.2) is 53.6 Å². The molecule has 1 aliphatic carbocycles. The maximum Gasteiger partial charge on any atom is 0.416 e. The molecule has 1 aliphatic rings. The van der Waals surface area contributed by atoms with E-state index in [9.17, 15) is 18.3 Å². The lowest BCUT2D eigenvalue weighted by molar-refractivity contribution is -0.137. The average molecular weight is 393 g/mol. The van der Waals surface area contributed by atoms with Gasteiger partial charge in [-0.05, 0) is 55.7 Å². The first-order valence-electron chi connectivity index (χ1n) is 8.79. The van der Waals surface area contributed by atoms with Crippen molar-refractivity contribution in [1.82, 2.24) is 5.12 Å². The fourth-order valence-electron chi connectivity index (χ4n) is 2.99. The molecule has 6 nitrogen and oxygen atoms in total. The monoisotopic (exact) mass is 393 g/mol. The van der Waals surface area contributed by atoms with Crippen molar-refractivity contribution in [3.05, 3.63) is 59.7 Å². The number of hydrazone groups is 1. The summed E-state index contributed by atoms with van der Waals surface area (Å²) < 4.78 is 38.1. The first-order chi connectivity index (χ1) is 13.2. The van der Waals surface area contributed by atoms with Gasteiger partial charge in [0.1, 0.15) is 0 Å². The minimum absolute atomic E-state index is 0.125. The summed E-state index contributed by atoms with van der Waals surface area (Å²) in [5.74, 6) is 5.97. The number of hydrogen-bond acceptors (Lipinski definition) is 5. The first kappa shape index (κ1) is 20.0. The molecule has 0 unspecified atom stereocenters. The SMILES string of the molecule is N/C(=N\N(N)CC1(O)CCC1)c1ccccc1Nc1ccc(C(F)(F)F)cc1. The van der Waals surface area contributed by atoms with E-state index in [-0.39, 0.29) is 12.4 Å². The van der Waals surface area contributed by atoms with E-state index >= 15 is 0 Å². The van der Waals surface area contributed by atoms with Gasteiger partial charge in [-0.2, -0.15) is 13.2 Å². The van der Waals surface area contributed by atoms with Crippen LogP contribution in [0.5, 0.6) is 0 Å². The number of hydrogen-bond donors (Lipinski definition) is 4. The second-order valence-electron chi connectivity index (χ2n) is 6.91. The zero-order valence-electron chi connectivity index (χ0n) is 15.1. The molecule has 2 aromatic rings. The number of alkyl halides is 3. The number of nitrogens with one attached hydrogen (secondary N) is 1. The maximum absolute atomic E-state index is 12.7. The Morgan fingerprint density at radius 3 is 2.36 bits per heavy atom. The van der Waals surface area contributed by atoms with Gasteiger partial charge < -0.3 is 16.2 Å². The smallest absolute Gasteiger partial charge is 0.388 e. The van der Waals surface area contributed by atoms with Gasteiger partial charge in [-0.15, -0.1) is 5.10 Å². The second-order valence-corrected chi connectivity index (χ2v) is 6.91. The number of halogens is 3. The number of anilines is 2. The average Bonchev–Trinajstić information content (AvgIpc) is 2.60. The van der Waals surface area contributed by atoms with E-state index < -0.39 is 17.3 Å². The Bertz CT molecular complexity index is 847. The van der Waals surface area contributed by atoms with Crippen LogP contribution in [0.4, 0.5) is 24.5 Å². The lowest BCUT2D eigenvalue weighted by Gasteiger charge is -2.38. The van der Waals surface area contributed by atoms with E-state index in [1.165, 1.54) is 12.1 Å². The first-order valence-corrected chi connectivity index (χ1v) is 8.79. The van der Waals surface area contributed by atoms with E-state index in [1.807, 2.05) is 0 Å². The zero-order valence-corrected chi connectivity index (χ0v) is 15.1. The summed E-state index contributed by atoms with van der Waals surface area (Å²) in [5.41, 5.74) is 6.09. The summed E-state index contributed by atoms with van der Waals surface area (Å²) in [6.07, 6.45) is -2.10. The number of rotatable bonds is 6. The van der Waals surface area contributed by atoms with Gasteiger partial charge in [0.2, 0.25) is 0 Å². The van der Waals surface area contributed by atoms with Crippen LogP contribution >= 0.6 is 0 Å². The van der Waals surface area contributed by atoms with Crippen molar-refractivity contribution < 1.29 is 18.3 Å². The third-order valence-electron chi connectivity index (χ3n) is 4.67. The largest absolute Gasteiger partial charge is 0.416 e. The zero-order chi connectivity index (χ0) is 20.4. The van der Waals surface area contributed by atoms with Crippen molar-refractivity contribution in [3.63, 3.8) is 0 Å². The van der Waals surface area contributed by atoms with Gasteiger partial charge >= 0.3 is 6.18 Å². The maximum atomic E-state index is 12.7. The Labute approximate surface area is 160 Å². The molecule has 9 heteroatoms. The van der Waals surface area contributed by atoms with Crippen molar-refractivity contribution in [2.75, 3.05) is 11.9 Å². The molecule has 1 fully saturated rings. The molecule has 0 atom stereocenters. The fraction of sp³-hybridized carbons (Fsp3) is 0.316. The second kappa shape index (κ2) is 7.69. The quantitative estimate of drug-likeness (QED) is 0.261. The van der Waals surface area contributed by atoms with Crippen LogP contribution in [0.3, 0.4) is 0 Å². The van der Waals surface area contributed by atoms with Gasteiger partial charge in [0.05, 0.1) is 17.7 Å². The van der Waals surface area contributed by atoms with Crippen LogP contribution in [0.25, 0.3) is 0 Å². The highest BCUT2D eigenvalue weighted by molar-refractivity contribution is 6.02. The summed E-state index contributed by atoms with van der Waals surface area (Å²) in [6.45, 7) is 0.169. The third-order valence-corrected chi connectivity index (χ3v) is 4.67. The van der Waals surface area contributed by atoms with E-state index in [1.54, 1.807) is 24.3 Å². The summed E-state index contributed by atoms with van der Waals surface area (Å²) >= 11 is 0. The molecule has 0 amide bonds. The Morgan fingerprint density at radius 1 is 1.14 bits per heavy atom. The van der Waals surface area contributed by atoms with E-state index in [4.69, 9.17) is 11.6 Å². The summed E-state index contributed by atoms with van der Waals surface area (Å²) in [6, 6.07) is 11.7. The minimum atomic E-state index is -4.39. The van der Waals surface area contributed by atoms with E-state index in [2.05, 4.69) is 10.4 Å². The van der Waals surface area contributed by atoms with Crippen molar-refractivity contribution in [2.24, 2.45) is 16.7 Å². The normalized spacial score (nSPS) is 16.4. The number of hydrazine groups is 1. The lowest BCUT2D eigenvalue weighted by Crippen LogP contribution is -2.49. The Balaban J connectivity index is 1.76. The molecule has 0 spiro atoms. The van der Waals surface area contributed by atoms with Crippen molar-refractivity contribution in [3.8, 4) is 0 Å². The van der Waals surface area contributed by atoms with Crippen LogP contribution in [0, 0.1) is 0 Å². The van der Waals surface area contributed by atoms with Gasteiger partial charge in [-0.1, -0.05) is 12.1 Å². The van der Waals surface area contributed by atoms with Gasteiger partial charge in [-0.3, -0.25) is 0 Å². The highest BCUT2D eigenvalue weighted by Gasteiger charge is 2.35. The van der Waals surface area contributed by atoms with E-state index in [0.29, 0.717) is 29.8 Å². The highest BCUT2D eigenvalue weighted by Crippen LogP contribution is 2.32. The number of benzene rings is 2. The Morgan fingerprint density at radius 2 is 1.79 bits per heavy atom. The van der Waals surface area contributed by atoms with Crippen LogP contribution in [0.2, 0.25) is 0 Å². The van der Waals surface area contributed by atoms with Crippen molar-refractivity contribution >= 4 is 17.2 Å². The minimum Gasteiger partial charge on any atom is -0.388 e. The number of nitrogens with two attached hydrogens (primary N) is 2. The van der Waals surface area contributed by atoms with Crippen LogP contribution < -0.4 is 16.9 Å². The van der Waals surface area contributed by atoms with Crippen molar-refractivity contribution in [1.29, 1.82) is 0 Å². The number of para-hydroxylation sites is 1. The molecule has 0 bridgehead atoms. The molecule has 150 valence electrons. The molecule has 0 aliphatic heterocycles. The number of nitrogens with zero attached hydrogens (tertiary/aromatic N) is 2. The molecule has 1 saturated carbocycles. The van der Waals surface area contributed by atoms with Crippen LogP contribution in [-0.4, -0.2) is 28.2 Å². The molecule has 28 heavy (non-hydrogen) atoms.